The van der Waals surface area contributed by atoms with E-state index in [1.165, 1.54) is 12.7 Å². The van der Waals surface area contributed by atoms with Gasteiger partial charge in [0.15, 0.2) is 0 Å². The van der Waals surface area contributed by atoms with Gasteiger partial charge < -0.3 is 5.32 Å². The molecule has 0 bridgehead atoms. The molecule has 0 spiro atoms. The van der Waals surface area contributed by atoms with Gasteiger partial charge in [-0.3, -0.25) is 0 Å². The van der Waals surface area contributed by atoms with Crippen molar-refractivity contribution in [2.75, 3.05) is 18.6 Å². The van der Waals surface area contributed by atoms with Crippen LogP contribution in [-0.4, -0.2) is 33.0 Å². The molecule has 0 aromatic heterocycles. The van der Waals surface area contributed by atoms with Gasteiger partial charge >= 0.3 is 0 Å². The molecule has 1 N–H and O–H groups in total. The minimum atomic E-state index is -2.82. The SMILES string of the molecule is CCNC(CCCS(C)(=O)=O)CC(C)CC(C)(C)C. The van der Waals surface area contributed by atoms with Crippen molar-refractivity contribution in [3.63, 3.8) is 0 Å². The molecule has 0 aromatic rings. The maximum atomic E-state index is 11.2. The van der Waals surface area contributed by atoms with Gasteiger partial charge in [-0.05, 0) is 43.6 Å². The number of sulfone groups is 1. The second-order valence-electron chi connectivity index (χ2n) is 7.13. The van der Waals surface area contributed by atoms with Crippen LogP contribution in [0.5, 0.6) is 0 Å². The topological polar surface area (TPSA) is 46.2 Å². The number of nitrogens with one attached hydrogen (secondary N) is 1. The number of hydrogen-bond acceptors (Lipinski definition) is 3. The highest BCUT2D eigenvalue weighted by Crippen LogP contribution is 2.27. The highest BCUT2D eigenvalue weighted by molar-refractivity contribution is 7.90. The first-order valence-corrected chi connectivity index (χ1v) is 9.50. The standard InChI is InChI=1S/C15H33NO2S/c1-7-16-14(9-8-10-19(6,17)18)11-13(2)12-15(3,4)5/h13-14,16H,7-12H2,1-6H3. The molecule has 0 aliphatic carbocycles. The molecule has 116 valence electrons. The summed E-state index contributed by atoms with van der Waals surface area (Å²) in [5.74, 6) is 0.977. The molecule has 0 radical (unpaired) electrons. The molecular formula is C15H33NO2S. The predicted octanol–water partition coefficient (Wildman–Crippen LogP) is 3.25. The molecule has 0 heterocycles. The lowest BCUT2D eigenvalue weighted by molar-refractivity contribution is 0.271. The molecule has 0 rings (SSSR count). The Hall–Kier alpha value is -0.0900. The van der Waals surface area contributed by atoms with Gasteiger partial charge in [0, 0.05) is 18.1 Å². The third-order valence-electron chi connectivity index (χ3n) is 3.21. The van der Waals surface area contributed by atoms with Crippen LogP contribution in [0.1, 0.15) is 60.3 Å². The van der Waals surface area contributed by atoms with E-state index >= 15 is 0 Å². The smallest absolute Gasteiger partial charge is 0.147 e. The largest absolute Gasteiger partial charge is 0.314 e. The Morgan fingerprint density at radius 1 is 1.21 bits per heavy atom. The van der Waals surface area contributed by atoms with Gasteiger partial charge in [0.25, 0.3) is 0 Å². The summed E-state index contributed by atoms with van der Waals surface area (Å²) in [6.45, 7) is 12.2. The predicted molar refractivity (Wildman–Crippen MR) is 84.3 cm³/mol. The molecule has 3 nitrogen and oxygen atoms in total. The lowest BCUT2D eigenvalue weighted by Gasteiger charge is -2.27. The molecule has 2 atom stereocenters. The maximum Gasteiger partial charge on any atom is 0.147 e. The maximum absolute atomic E-state index is 11.2. The first kappa shape index (κ1) is 18.9. The molecule has 0 saturated heterocycles. The van der Waals surface area contributed by atoms with Crippen LogP contribution in [-0.2, 0) is 9.84 Å². The average Bonchev–Trinajstić information content (AvgIpc) is 2.12. The highest BCUT2D eigenvalue weighted by Gasteiger charge is 2.19. The average molecular weight is 292 g/mol. The van der Waals surface area contributed by atoms with E-state index in [0.717, 1.165) is 25.8 Å². The quantitative estimate of drug-likeness (QED) is 0.709. The van der Waals surface area contributed by atoms with Crippen LogP contribution in [0.15, 0.2) is 0 Å². The fourth-order valence-electron chi connectivity index (χ4n) is 2.80. The van der Waals surface area contributed by atoms with Crippen LogP contribution in [0.3, 0.4) is 0 Å². The summed E-state index contributed by atoms with van der Waals surface area (Å²) in [5.41, 5.74) is 0.364. The van der Waals surface area contributed by atoms with Crippen molar-refractivity contribution in [1.82, 2.24) is 5.32 Å². The molecule has 19 heavy (non-hydrogen) atoms. The zero-order chi connectivity index (χ0) is 15.1. The summed E-state index contributed by atoms with van der Waals surface area (Å²) >= 11 is 0. The van der Waals surface area contributed by atoms with Gasteiger partial charge in [0.2, 0.25) is 0 Å². The summed E-state index contributed by atoms with van der Waals surface area (Å²) in [4.78, 5) is 0. The molecule has 0 amide bonds. The lowest BCUT2D eigenvalue weighted by atomic mass is 9.82. The molecule has 0 aromatic carbocycles. The Kier molecular flexibility index (Phi) is 8.21. The van der Waals surface area contributed by atoms with E-state index in [9.17, 15) is 8.42 Å². The lowest BCUT2D eigenvalue weighted by Crippen LogP contribution is -2.31. The van der Waals surface area contributed by atoms with Crippen LogP contribution in [0.2, 0.25) is 0 Å². The van der Waals surface area contributed by atoms with E-state index in [4.69, 9.17) is 0 Å². The first-order valence-electron chi connectivity index (χ1n) is 7.44. The minimum Gasteiger partial charge on any atom is -0.314 e. The fourth-order valence-corrected chi connectivity index (χ4v) is 3.49. The van der Waals surface area contributed by atoms with E-state index in [1.807, 2.05) is 0 Å². The molecule has 4 heteroatoms. The van der Waals surface area contributed by atoms with Crippen molar-refractivity contribution in [3.8, 4) is 0 Å². The minimum absolute atomic E-state index is 0.308. The molecule has 0 saturated carbocycles. The third kappa shape index (κ3) is 12.7. The molecule has 0 fully saturated rings. The second kappa shape index (κ2) is 8.25. The van der Waals surface area contributed by atoms with Gasteiger partial charge in [-0.15, -0.1) is 0 Å². The van der Waals surface area contributed by atoms with Gasteiger partial charge in [-0.2, -0.15) is 0 Å². The molecule has 2 unspecified atom stereocenters. The summed E-state index contributed by atoms with van der Waals surface area (Å²) in [7, 11) is -2.82. The Bertz CT molecular complexity index is 331. The summed E-state index contributed by atoms with van der Waals surface area (Å²) in [5, 5.41) is 3.49. The van der Waals surface area contributed by atoms with Crippen molar-refractivity contribution in [2.45, 2.75) is 66.3 Å². The zero-order valence-corrected chi connectivity index (χ0v) is 14.4. The second-order valence-corrected chi connectivity index (χ2v) is 9.39. The van der Waals surface area contributed by atoms with Gasteiger partial charge in [-0.25, -0.2) is 8.42 Å². The Morgan fingerprint density at radius 3 is 2.21 bits per heavy atom. The Balaban J connectivity index is 4.18. The zero-order valence-electron chi connectivity index (χ0n) is 13.6. The number of hydrogen-bond donors (Lipinski definition) is 1. The van der Waals surface area contributed by atoms with E-state index in [-0.39, 0.29) is 0 Å². The Morgan fingerprint density at radius 2 is 1.79 bits per heavy atom. The van der Waals surface area contributed by atoms with Crippen LogP contribution in [0.25, 0.3) is 0 Å². The van der Waals surface area contributed by atoms with Gasteiger partial charge in [0.05, 0.1) is 0 Å². The molecule has 0 aliphatic heterocycles. The molecular weight excluding hydrogens is 258 g/mol. The van der Waals surface area contributed by atoms with E-state index in [2.05, 4.69) is 39.9 Å². The Labute approximate surface area is 120 Å². The van der Waals surface area contributed by atoms with Crippen LogP contribution in [0.4, 0.5) is 0 Å². The van der Waals surface area contributed by atoms with Crippen molar-refractivity contribution >= 4 is 9.84 Å². The monoisotopic (exact) mass is 291 g/mol. The van der Waals surface area contributed by atoms with Crippen molar-refractivity contribution < 1.29 is 8.42 Å². The summed E-state index contributed by atoms with van der Waals surface area (Å²) < 4.78 is 22.3. The summed E-state index contributed by atoms with van der Waals surface area (Å²) in [6.07, 6.45) is 5.38. The number of rotatable bonds is 9. The van der Waals surface area contributed by atoms with Crippen LogP contribution in [0, 0.1) is 11.3 Å². The third-order valence-corrected chi connectivity index (χ3v) is 4.24. The fraction of sp³-hybridized carbons (Fsp3) is 1.00. The van der Waals surface area contributed by atoms with Crippen molar-refractivity contribution in [3.05, 3.63) is 0 Å². The van der Waals surface area contributed by atoms with Crippen LogP contribution >= 0.6 is 0 Å². The van der Waals surface area contributed by atoms with E-state index in [1.54, 1.807) is 0 Å². The van der Waals surface area contributed by atoms with Crippen LogP contribution < -0.4 is 5.32 Å². The van der Waals surface area contributed by atoms with Crippen molar-refractivity contribution in [2.24, 2.45) is 11.3 Å². The highest BCUT2D eigenvalue weighted by atomic mass is 32.2. The summed E-state index contributed by atoms with van der Waals surface area (Å²) in [6, 6.07) is 0.448. The molecule has 0 aliphatic rings. The van der Waals surface area contributed by atoms with Gasteiger partial charge in [0.1, 0.15) is 9.84 Å². The van der Waals surface area contributed by atoms with E-state index < -0.39 is 9.84 Å². The first-order chi connectivity index (χ1) is 8.53. The van der Waals surface area contributed by atoms with Gasteiger partial charge in [-0.1, -0.05) is 34.6 Å². The normalized spacial score (nSPS) is 16.3. The van der Waals surface area contributed by atoms with Crippen molar-refractivity contribution in [1.29, 1.82) is 0 Å². The van der Waals surface area contributed by atoms with E-state index in [0.29, 0.717) is 23.1 Å².